The summed E-state index contributed by atoms with van der Waals surface area (Å²) in [5.74, 6) is 0.447. The van der Waals surface area contributed by atoms with Crippen molar-refractivity contribution in [3.8, 4) is 0 Å². The van der Waals surface area contributed by atoms with Gasteiger partial charge >= 0.3 is 6.09 Å². The number of carbonyl (C=O) groups excluding carboxylic acids is 1. The van der Waals surface area contributed by atoms with E-state index in [-0.39, 0.29) is 11.5 Å². The number of anilines is 2. The molecule has 2 heterocycles. The molecule has 0 spiro atoms. The maximum Gasteiger partial charge on any atom is 0.437 e. The van der Waals surface area contributed by atoms with Crippen molar-refractivity contribution in [3.05, 3.63) is 36.0 Å². The van der Waals surface area contributed by atoms with Crippen LogP contribution in [0.1, 0.15) is 25.0 Å². The molecule has 9 heteroatoms. The molecule has 1 fully saturated rings. The van der Waals surface area contributed by atoms with Crippen molar-refractivity contribution in [1.82, 2.24) is 15.2 Å². The molecule has 0 aliphatic carbocycles. The first-order valence-corrected chi connectivity index (χ1v) is 7.68. The highest BCUT2D eigenvalue weighted by Crippen LogP contribution is 2.16. The number of rotatable bonds is 3. The number of likely N-dealkylation sites (tertiary alicyclic amines) is 1. The normalized spacial score (nSPS) is 15.2. The summed E-state index contributed by atoms with van der Waals surface area (Å²) in [5.41, 5.74) is 6.63. The Hall–Kier alpha value is -3.10. The van der Waals surface area contributed by atoms with Gasteiger partial charge in [-0.3, -0.25) is 10.2 Å². The molecule has 0 saturated carbocycles. The molecule has 3 N–H and O–H groups in total. The zero-order valence-electron chi connectivity index (χ0n) is 13.0. The number of hydrogen-bond donors (Lipinski definition) is 2. The van der Waals surface area contributed by atoms with Gasteiger partial charge in [0.1, 0.15) is 0 Å². The zero-order chi connectivity index (χ0) is 16.8. The largest absolute Gasteiger partial charge is 0.437 e. The van der Waals surface area contributed by atoms with Crippen LogP contribution in [0, 0.1) is 0 Å². The fourth-order valence-electron chi connectivity index (χ4n) is 2.45. The average molecular weight is 330 g/mol. The molecule has 1 aromatic heterocycles. The maximum atomic E-state index is 11.9. The molecule has 3 rings (SSSR count). The fourth-order valence-corrected chi connectivity index (χ4v) is 2.45. The Morgan fingerprint density at radius 3 is 2.62 bits per heavy atom. The van der Waals surface area contributed by atoms with E-state index in [4.69, 9.17) is 10.6 Å². The number of piperidine rings is 1. The van der Waals surface area contributed by atoms with Gasteiger partial charge in [-0.15, -0.1) is 0 Å². The molecular weight excluding hydrogens is 312 g/mol. The zero-order valence-corrected chi connectivity index (χ0v) is 13.0. The minimum atomic E-state index is -0.703. The van der Waals surface area contributed by atoms with E-state index in [0.717, 1.165) is 32.4 Å². The number of aromatic nitrogens is 2. The highest BCUT2D eigenvalue weighted by molar-refractivity contribution is 6.00. The molecule has 0 radical (unpaired) electrons. The lowest BCUT2D eigenvalue weighted by Crippen LogP contribution is -2.37. The van der Waals surface area contributed by atoms with Gasteiger partial charge in [-0.05, 0) is 41.7 Å². The highest BCUT2D eigenvalue weighted by atomic mass is 16.7. The lowest BCUT2D eigenvalue weighted by molar-refractivity contribution is 0.163. The predicted octanol–water partition coefficient (Wildman–Crippen LogP) is 2.05. The molecule has 1 aliphatic heterocycles. The molecule has 24 heavy (non-hydrogen) atoms. The second kappa shape index (κ2) is 7.44. The van der Waals surface area contributed by atoms with Crippen molar-refractivity contribution in [2.45, 2.75) is 19.3 Å². The number of para-hydroxylation sites is 1. The Balaban J connectivity index is 1.73. The van der Waals surface area contributed by atoms with E-state index >= 15 is 0 Å². The SMILES string of the molecule is Nc1nonc1/C(=N/OC(=O)Nc1ccccc1)N1CCCCC1. The number of nitrogens with zero attached hydrogens (tertiary/aromatic N) is 4. The van der Waals surface area contributed by atoms with E-state index < -0.39 is 6.09 Å². The van der Waals surface area contributed by atoms with Crippen LogP contribution in [0.4, 0.5) is 16.3 Å². The van der Waals surface area contributed by atoms with Crippen LogP contribution in [0.3, 0.4) is 0 Å². The number of benzene rings is 1. The summed E-state index contributed by atoms with van der Waals surface area (Å²) < 4.78 is 4.63. The average Bonchev–Trinajstić information content (AvgIpc) is 3.03. The van der Waals surface area contributed by atoms with E-state index in [2.05, 4.69) is 25.4 Å². The van der Waals surface area contributed by atoms with Crippen LogP contribution in [0.15, 0.2) is 40.1 Å². The summed E-state index contributed by atoms with van der Waals surface area (Å²) in [6, 6.07) is 8.95. The first-order chi connectivity index (χ1) is 11.7. The Bertz CT molecular complexity index is 709. The van der Waals surface area contributed by atoms with Gasteiger partial charge in [0.2, 0.25) is 5.84 Å². The number of nitrogen functional groups attached to an aromatic ring is 1. The minimum absolute atomic E-state index is 0.103. The summed E-state index contributed by atoms with van der Waals surface area (Å²) >= 11 is 0. The van der Waals surface area contributed by atoms with E-state index in [9.17, 15) is 4.79 Å². The monoisotopic (exact) mass is 330 g/mol. The van der Waals surface area contributed by atoms with Crippen LogP contribution in [-0.2, 0) is 4.84 Å². The summed E-state index contributed by atoms with van der Waals surface area (Å²) in [6.07, 6.45) is 2.47. The van der Waals surface area contributed by atoms with Crippen molar-refractivity contribution in [3.63, 3.8) is 0 Å². The Morgan fingerprint density at radius 1 is 1.21 bits per heavy atom. The fraction of sp³-hybridized carbons (Fsp3) is 0.333. The quantitative estimate of drug-likeness (QED) is 0.382. The van der Waals surface area contributed by atoms with Crippen molar-refractivity contribution in [1.29, 1.82) is 0 Å². The molecule has 2 aromatic rings. The summed E-state index contributed by atoms with van der Waals surface area (Å²) in [4.78, 5) is 18.8. The van der Waals surface area contributed by atoms with Gasteiger partial charge < -0.3 is 10.6 Å². The van der Waals surface area contributed by atoms with E-state index in [1.165, 1.54) is 0 Å². The predicted molar refractivity (Wildman–Crippen MR) is 87.2 cm³/mol. The number of oxime groups is 1. The molecule has 0 atom stereocenters. The number of amides is 1. The first kappa shape index (κ1) is 15.8. The topological polar surface area (TPSA) is 119 Å². The van der Waals surface area contributed by atoms with E-state index in [0.29, 0.717) is 11.5 Å². The summed E-state index contributed by atoms with van der Waals surface area (Å²) in [6.45, 7) is 1.55. The Morgan fingerprint density at radius 2 is 1.96 bits per heavy atom. The number of carbonyl (C=O) groups is 1. The van der Waals surface area contributed by atoms with Gasteiger partial charge in [0, 0.05) is 18.8 Å². The number of nitrogens with two attached hydrogens (primary N) is 1. The minimum Gasteiger partial charge on any atom is -0.379 e. The molecule has 0 bridgehead atoms. The Labute approximate surface area is 138 Å². The summed E-state index contributed by atoms with van der Waals surface area (Å²) in [7, 11) is 0. The van der Waals surface area contributed by atoms with Crippen molar-refractivity contribution in [2.75, 3.05) is 24.1 Å². The summed E-state index contributed by atoms with van der Waals surface area (Å²) in [5, 5.41) is 13.8. The van der Waals surface area contributed by atoms with E-state index in [1.54, 1.807) is 24.3 Å². The van der Waals surface area contributed by atoms with Gasteiger partial charge in [-0.25, -0.2) is 9.42 Å². The van der Waals surface area contributed by atoms with Crippen molar-refractivity contribution < 1.29 is 14.3 Å². The van der Waals surface area contributed by atoms with Crippen molar-refractivity contribution in [2.24, 2.45) is 5.16 Å². The molecule has 9 nitrogen and oxygen atoms in total. The van der Waals surface area contributed by atoms with Crippen LogP contribution in [0.25, 0.3) is 0 Å². The molecule has 1 amide bonds. The molecule has 0 unspecified atom stereocenters. The lowest BCUT2D eigenvalue weighted by Gasteiger charge is -2.27. The van der Waals surface area contributed by atoms with Crippen LogP contribution >= 0.6 is 0 Å². The third-order valence-electron chi connectivity index (χ3n) is 3.62. The van der Waals surface area contributed by atoms with Crippen LogP contribution in [0.2, 0.25) is 0 Å². The van der Waals surface area contributed by atoms with Crippen molar-refractivity contribution >= 4 is 23.4 Å². The molecule has 1 aliphatic rings. The maximum absolute atomic E-state index is 11.9. The Kier molecular flexibility index (Phi) is 4.90. The van der Waals surface area contributed by atoms with Gasteiger partial charge in [0.15, 0.2) is 11.5 Å². The molecular formula is C15H18N6O3. The molecule has 1 saturated heterocycles. The number of hydrogen-bond acceptors (Lipinski definition) is 7. The van der Waals surface area contributed by atoms with Gasteiger partial charge in [-0.2, -0.15) is 0 Å². The van der Waals surface area contributed by atoms with Gasteiger partial charge in [-0.1, -0.05) is 23.4 Å². The molecule has 126 valence electrons. The smallest absolute Gasteiger partial charge is 0.379 e. The van der Waals surface area contributed by atoms with Crippen LogP contribution in [-0.4, -0.2) is 40.2 Å². The first-order valence-electron chi connectivity index (χ1n) is 7.68. The second-order valence-corrected chi connectivity index (χ2v) is 5.33. The van der Waals surface area contributed by atoms with E-state index in [1.807, 2.05) is 11.0 Å². The standard InChI is InChI=1S/C15H18N6O3/c16-13-12(18-24-19-13)14(21-9-5-2-6-10-21)20-23-15(22)17-11-7-3-1-4-8-11/h1,3-4,7-8H,2,5-6,9-10H2,(H2,16,19)(H,17,22)/b20-14-. The lowest BCUT2D eigenvalue weighted by atomic mass is 10.1. The van der Waals surface area contributed by atoms with Gasteiger partial charge in [0.25, 0.3) is 0 Å². The third-order valence-corrected chi connectivity index (χ3v) is 3.62. The second-order valence-electron chi connectivity index (χ2n) is 5.33. The number of nitrogens with one attached hydrogen (secondary N) is 1. The number of amidine groups is 1. The van der Waals surface area contributed by atoms with Crippen LogP contribution < -0.4 is 11.1 Å². The van der Waals surface area contributed by atoms with Gasteiger partial charge in [0.05, 0.1) is 0 Å². The third kappa shape index (κ3) is 3.80. The highest BCUT2D eigenvalue weighted by Gasteiger charge is 2.24. The van der Waals surface area contributed by atoms with Crippen LogP contribution in [0.5, 0.6) is 0 Å². The molecule has 1 aromatic carbocycles.